The fraction of sp³-hybridized carbons (Fsp3) is 0.333. The molecule has 0 saturated heterocycles. The third-order valence-corrected chi connectivity index (χ3v) is 2.26. The van der Waals surface area contributed by atoms with E-state index >= 15 is 0 Å². The van der Waals surface area contributed by atoms with Gasteiger partial charge in [0.15, 0.2) is 17.3 Å². The molecule has 84 valence electrons. The van der Waals surface area contributed by atoms with Crippen molar-refractivity contribution >= 4 is 11.6 Å². The van der Waals surface area contributed by atoms with Gasteiger partial charge in [0.2, 0.25) is 0 Å². The molecule has 0 aliphatic heterocycles. The predicted molar refractivity (Wildman–Crippen MR) is 53.6 cm³/mol. The molecule has 1 aromatic rings. The molecule has 0 saturated carbocycles. The van der Waals surface area contributed by atoms with Crippen molar-refractivity contribution in [3.05, 3.63) is 22.5 Å². The van der Waals surface area contributed by atoms with Crippen LogP contribution in [0.4, 0.5) is 4.39 Å². The van der Waals surface area contributed by atoms with E-state index in [1.807, 2.05) is 0 Å². The molecule has 1 aromatic carbocycles. The van der Waals surface area contributed by atoms with Crippen LogP contribution in [0, 0.1) is 5.82 Å². The summed E-state index contributed by atoms with van der Waals surface area (Å²) in [6.07, 6.45) is 0. The maximum Gasteiger partial charge on any atom is 0.198 e. The average Bonchev–Trinajstić information content (AvgIpc) is 2.23. The molecule has 1 rings (SSSR count). The van der Waals surface area contributed by atoms with E-state index in [0.717, 1.165) is 6.07 Å². The third kappa shape index (κ3) is 2.14. The summed E-state index contributed by atoms with van der Waals surface area (Å²) in [4.78, 5) is 0. The van der Waals surface area contributed by atoms with Crippen LogP contribution in [0.2, 0.25) is 5.02 Å². The molecule has 0 aromatic heterocycles. The predicted octanol–water partition coefficient (Wildman–Crippen LogP) is 1.19. The van der Waals surface area contributed by atoms with Gasteiger partial charge in [-0.25, -0.2) is 4.39 Å². The normalized spacial score (nSPS) is 12.6. The summed E-state index contributed by atoms with van der Waals surface area (Å²) in [5.41, 5.74) is 5.63. The minimum atomic E-state index is -0.856. The third-order valence-electron chi connectivity index (χ3n) is 1.98. The highest BCUT2D eigenvalue weighted by Gasteiger charge is 2.20. The number of aromatic hydroxyl groups is 1. The topological polar surface area (TPSA) is 75.7 Å². The molecule has 0 fully saturated rings. The molecule has 0 radical (unpaired) electrons. The number of halogens is 2. The molecule has 6 heteroatoms. The van der Waals surface area contributed by atoms with Gasteiger partial charge >= 0.3 is 0 Å². The highest BCUT2D eigenvalue weighted by atomic mass is 35.5. The van der Waals surface area contributed by atoms with Gasteiger partial charge in [0.1, 0.15) is 0 Å². The Bertz CT molecular complexity index is 373. The van der Waals surface area contributed by atoms with E-state index in [9.17, 15) is 9.50 Å². The second kappa shape index (κ2) is 4.65. The lowest BCUT2D eigenvalue weighted by Crippen LogP contribution is -2.15. The Labute approximate surface area is 91.0 Å². The van der Waals surface area contributed by atoms with Crippen molar-refractivity contribution in [3.8, 4) is 11.5 Å². The number of hydrogen-bond donors (Lipinski definition) is 3. The Hall–Kier alpha value is -1.04. The molecule has 4 N–H and O–H groups in total. The number of aliphatic hydroxyl groups is 1. The van der Waals surface area contributed by atoms with Crippen LogP contribution >= 0.6 is 11.6 Å². The van der Waals surface area contributed by atoms with Gasteiger partial charge in [0, 0.05) is 5.56 Å². The zero-order valence-corrected chi connectivity index (χ0v) is 8.75. The van der Waals surface area contributed by atoms with Gasteiger partial charge in [-0.3, -0.25) is 0 Å². The molecule has 1 unspecified atom stereocenters. The lowest BCUT2D eigenvalue weighted by atomic mass is 10.1. The molecule has 0 heterocycles. The molecular weight excluding hydrogens is 225 g/mol. The Kier molecular flexibility index (Phi) is 3.73. The molecule has 0 spiro atoms. The minimum absolute atomic E-state index is 0.140. The van der Waals surface area contributed by atoms with Crippen LogP contribution in [-0.4, -0.2) is 23.9 Å². The number of aliphatic hydroxyl groups excluding tert-OH is 1. The van der Waals surface area contributed by atoms with Crippen LogP contribution in [0.3, 0.4) is 0 Å². The number of nitrogens with two attached hydrogens (primary N) is 1. The van der Waals surface area contributed by atoms with Crippen LogP contribution < -0.4 is 10.5 Å². The first-order valence-corrected chi connectivity index (χ1v) is 4.52. The number of phenolic OH excluding ortho intramolecular Hbond substituents is 1. The van der Waals surface area contributed by atoms with Gasteiger partial charge in [-0.1, -0.05) is 11.6 Å². The SMILES string of the molecule is COc1c(O)c(C(N)CO)cc(Cl)c1F. The van der Waals surface area contributed by atoms with Crippen molar-refractivity contribution in [2.75, 3.05) is 13.7 Å². The summed E-state index contributed by atoms with van der Waals surface area (Å²) in [7, 11) is 1.20. The quantitative estimate of drug-likeness (QED) is 0.736. The second-order valence-electron chi connectivity index (χ2n) is 2.93. The van der Waals surface area contributed by atoms with Crippen LogP contribution in [0.25, 0.3) is 0 Å². The molecule has 0 aliphatic rings. The zero-order valence-electron chi connectivity index (χ0n) is 8.00. The van der Waals surface area contributed by atoms with E-state index in [-0.39, 0.29) is 16.3 Å². The van der Waals surface area contributed by atoms with Crippen LogP contribution in [0.1, 0.15) is 11.6 Å². The number of phenols is 1. The van der Waals surface area contributed by atoms with Gasteiger partial charge in [-0.2, -0.15) is 0 Å². The maximum atomic E-state index is 13.3. The number of hydrogen-bond acceptors (Lipinski definition) is 4. The summed E-state index contributed by atoms with van der Waals surface area (Å²) in [6, 6.07) is 0.326. The van der Waals surface area contributed by atoms with E-state index in [1.54, 1.807) is 0 Å². The van der Waals surface area contributed by atoms with Crippen molar-refractivity contribution in [2.45, 2.75) is 6.04 Å². The molecule has 0 bridgehead atoms. The smallest absolute Gasteiger partial charge is 0.198 e. The largest absolute Gasteiger partial charge is 0.504 e. The highest BCUT2D eigenvalue weighted by molar-refractivity contribution is 6.31. The van der Waals surface area contributed by atoms with Gasteiger partial charge in [-0.05, 0) is 6.07 Å². The molecule has 1 atom stereocenters. The number of rotatable bonds is 3. The number of ether oxygens (including phenoxy) is 1. The van der Waals surface area contributed by atoms with Gasteiger partial charge in [0.25, 0.3) is 0 Å². The molecule has 15 heavy (non-hydrogen) atoms. The maximum absolute atomic E-state index is 13.3. The van der Waals surface area contributed by atoms with E-state index in [2.05, 4.69) is 4.74 Å². The lowest BCUT2D eigenvalue weighted by molar-refractivity contribution is 0.263. The van der Waals surface area contributed by atoms with Crippen molar-refractivity contribution in [2.24, 2.45) is 5.73 Å². The van der Waals surface area contributed by atoms with Crippen LogP contribution in [0.15, 0.2) is 6.07 Å². The summed E-state index contributed by atoms with van der Waals surface area (Å²) in [6.45, 7) is -0.390. The Morgan fingerprint density at radius 1 is 1.67 bits per heavy atom. The first-order chi connectivity index (χ1) is 7.02. The molecule has 0 amide bonds. The molecular formula is C9H11ClFNO3. The first kappa shape index (κ1) is 12.0. The average molecular weight is 236 g/mol. The lowest BCUT2D eigenvalue weighted by Gasteiger charge is -2.14. The highest BCUT2D eigenvalue weighted by Crippen LogP contribution is 2.39. The summed E-state index contributed by atoms with van der Waals surface area (Å²) < 4.78 is 17.9. The summed E-state index contributed by atoms with van der Waals surface area (Å²) in [5.74, 6) is -1.67. The van der Waals surface area contributed by atoms with Gasteiger partial charge in [-0.15, -0.1) is 0 Å². The zero-order chi connectivity index (χ0) is 11.6. The fourth-order valence-corrected chi connectivity index (χ4v) is 1.38. The number of methoxy groups -OCH3 is 1. The second-order valence-corrected chi connectivity index (χ2v) is 3.34. The van der Waals surface area contributed by atoms with E-state index < -0.39 is 24.2 Å². The van der Waals surface area contributed by atoms with Crippen molar-refractivity contribution in [1.82, 2.24) is 0 Å². The minimum Gasteiger partial charge on any atom is -0.504 e. The van der Waals surface area contributed by atoms with Crippen LogP contribution in [-0.2, 0) is 0 Å². The Morgan fingerprint density at radius 2 is 2.27 bits per heavy atom. The summed E-state index contributed by atoms with van der Waals surface area (Å²) >= 11 is 5.57. The standard InChI is InChI=1S/C9H11ClFNO3/c1-15-9-7(11)5(10)2-4(8(9)14)6(12)3-13/h2,6,13-14H,3,12H2,1H3. The van der Waals surface area contributed by atoms with Crippen molar-refractivity contribution in [1.29, 1.82) is 0 Å². The summed E-state index contributed by atoms with van der Waals surface area (Å²) in [5, 5.41) is 18.2. The van der Waals surface area contributed by atoms with Gasteiger partial charge < -0.3 is 20.7 Å². The molecule has 4 nitrogen and oxygen atoms in total. The molecule has 0 aliphatic carbocycles. The van der Waals surface area contributed by atoms with Crippen molar-refractivity contribution < 1.29 is 19.3 Å². The Balaban J connectivity index is 3.36. The fourth-order valence-electron chi connectivity index (χ4n) is 1.18. The van der Waals surface area contributed by atoms with Crippen LogP contribution in [0.5, 0.6) is 11.5 Å². The van der Waals surface area contributed by atoms with Gasteiger partial charge in [0.05, 0.1) is 24.8 Å². The van der Waals surface area contributed by atoms with E-state index in [0.29, 0.717) is 0 Å². The van der Waals surface area contributed by atoms with E-state index in [1.165, 1.54) is 7.11 Å². The first-order valence-electron chi connectivity index (χ1n) is 4.14. The van der Waals surface area contributed by atoms with Crippen molar-refractivity contribution in [3.63, 3.8) is 0 Å². The number of benzene rings is 1. The Morgan fingerprint density at radius 3 is 2.73 bits per heavy atom. The monoisotopic (exact) mass is 235 g/mol. The van der Waals surface area contributed by atoms with E-state index in [4.69, 9.17) is 22.4 Å².